The Morgan fingerprint density at radius 1 is 1.33 bits per heavy atom. The van der Waals surface area contributed by atoms with Gasteiger partial charge in [0.1, 0.15) is 0 Å². The molecule has 0 saturated heterocycles. The van der Waals surface area contributed by atoms with Crippen molar-refractivity contribution in [3.63, 3.8) is 0 Å². The molecule has 0 unspecified atom stereocenters. The predicted octanol–water partition coefficient (Wildman–Crippen LogP) is 1.20. The first kappa shape index (κ1) is 14.4. The second kappa shape index (κ2) is 7.65. The number of carbonyl (C=O) groups is 1. The standard InChI is InChI=1S/C11H23NO3/c1-5-6-12-7-8-15-9-11(2,3)10(13)14-4/h12H,5-9H2,1-4H3. The fourth-order valence-electron chi connectivity index (χ4n) is 1.11. The van der Waals surface area contributed by atoms with E-state index >= 15 is 0 Å². The van der Waals surface area contributed by atoms with Crippen molar-refractivity contribution in [1.29, 1.82) is 0 Å². The SMILES string of the molecule is CCCNCCOCC(C)(C)C(=O)OC. The number of nitrogens with one attached hydrogen (secondary N) is 1. The molecule has 4 nitrogen and oxygen atoms in total. The molecule has 0 aromatic carbocycles. The molecular weight excluding hydrogens is 194 g/mol. The van der Waals surface area contributed by atoms with E-state index in [0.29, 0.717) is 13.2 Å². The van der Waals surface area contributed by atoms with Gasteiger partial charge in [0, 0.05) is 6.54 Å². The smallest absolute Gasteiger partial charge is 0.313 e. The zero-order chi connectivity index (χ0) is 11.7. The number of esters is 1. The van der Waals surface area contributed by atoms with E-state index in [4.69, 9.17) is 4.74 Å². The Balaban J connectivity index is 3.53. The van der Waals surface area contributed by atoms with Gasteiger partial charge in [-0.3, -0.25) is 4.79 Å². The molecule has 0 bridgehead atoms. The maximum Gasteiger partial charge on any atom is 0.313 e. The maximum atomic E-state index is 11.3. The van der Waals surface area contributed by atoms with Crippen molar-refractivity contribution >= 4 is 5.97 Å². The van der Waals surface area contributed by atoms with E-state index in [1.165, 1.54) is 7.11 Å². The highest BCUT2D eigenvalue weighted by Crippen LogP contribution is 2.16. The third-order valence-corrected chi connectivity index (χ3v) is 2.05. The molecule has 0 atom stereocenters. The highest BCUT2D eigenvalue weighted by atomic mass is 16.5. The predicted molar refractivity (Wildman–Crippen MR) is 59.8 cm³/mol. The van der Waals surface area contributed by atoms with Gasteiger partial charge in [0.15, 0.2) is 0 Å². The number of methoxy groups -OCH3 is 1. The lowest BCUT2D eigenvalue weighted by molar-refractivity contribution is -0.154. The third-order valence-electron chi connectivity index (χ3n) is 2.05. The summed E-state index contributed by atoms with van der Waals surface area (Å²) in [7, 11) is 1.40. The van der Waals surface area contributed by atoms with Crippen molar-refractivity contribution in [3.05, 3.63) is 0 Å². The average Bonchev–Trinajstić information content (AvgIpc) is 2.22. The van der Waals surface area contributed by atoms with Crippen LogP contribution < -0.4 is 5.32 Å². The van der Waals surface area contributed by atoms with E-state index in [-0.39, 0.29) is 5.97 Å². The van der Waals surface area contributed by atoms with Crippen LogP contribution in [0.15, 0.2) is 0 Å². The summed E-state index contributed by atoms with van der Waals surface area (Å²) in [6.45, 7) is 8.60. The average molecular weight is 217 g/mol. The van der Waals surface area contributed by atoms with Crippen molar-refractivity contribution < 1.29 is 14.3 Å². The van der Waals surface area contributed by atoms with Crippen molar-refractivity contribution in [2.45, 2.75) is 27.2 Å². The van der Waals surface area contributed by atoms with Crippen LogP contribution in [-0.2, 0) is 14.3 Å². The van der Waals surface area contributed by atoms with Gasteiger partial charge in [0.25, 0.3) is 0 Å². The van der Waals surface area contributed by atoms with Crippen LogP contribution in [0, 0.1) is 5.41 Å². The van der Waals surface area contributed by atoms with E-state index in [1.54, 1.807) is 0 Å². The highest BCUT2D eigenvalue weighted by Gasteiger charge is 2.28. The lowest BCUT2D eigenvalue weighted by atomic mass is 9.95. The molecule has 1 N–H and O–H groups in total. The fraction of sp³-hybridized carbons (Fsp3) is 0.909. The molecule has 0 aromatic rings. The summed E-state index contributed by atoms with van der Waals surface area (Å²) in [5.74, 6) is -0.232. The molecule has 0 aromatic heterocycles. The summed E-state index contributed by atoms with van der Waals surface area (Å²) in [5.41, 5.74) is -0.556. The van der Waals surface area contributed by atoms with Crippen molar-refractivity contribution in [2.24, 2.45) is 5.41 Å². The summed E-state index contributed by atoms with van der Waals surface area (Å²) in [6.07, 6.45) is 1.12. The second-order valence-electron chi connectivity index (χ2n) is 4.18. The van der Waals surface area contributed by atoms with E-state index < -0.39 is 5.41 Å². The molecule has 90 valence electrons. The van der Waals surface area contributed by atoms with E-state index in [1.807, 2.05) is 13.8 Å². The lowest BCUT2D eigenvalue weighted by Crippen LogP contribution is -2.32. The molecule has 0 spiro atoms. The normalized spacial score (nSPS) is 11.5. The Bertz CT molecular complexity index is 181. The number of carbonyl (C=O) groups excluding carboxylic acids is 1. The molecular formula is C11H23NO3. The first-order chi connectivity index (χ1) is 7.04. The summed E-state index contributed by atoms with van der Waals surface area (Å²) in [6, 6.07) is 0. The van der Waals surface area contributed by atoms with Gasteiger partial charge in [0.2, 0.25) is 0 Å². The molecule has 0 radical (unpaired) electrons. The molecule has 0 heterocycles. The van der Waals surface area contributed by atoms with Gasteiger partial charge in [-0.05, 0) is 26.8 Å². The number of ether oxygens (including phenoxy) is 2. The maximum absolute atomic E-state index is 11.3. The monoisotopic (exact) mass is 217 g/mol. The van der Waals surface area contributed by atoms with Crippen LogP contribution >= 0.6 is 0 Å². The molecule has 0 aliphatic carbocycles. The van der Waals surface area contributed by atoms with Crippen LogP contribution in [0.4, 0.5) is 0 Å². The Kier molecular flexibility index (Phi) is 7.34. The first-order valence-corrected chi connectivity index (χ1v) is 5.41. The van der Waals surface area contributed by atoms with E-state index in [9.17, 15) is 4.79 Å². The largest absolute Gasteiger partial charge is 0.469 e. The van der Waals surface area contributed by atoms with Crippen molar-refractivity contribution in [2.75, 3.05) is 33.4 Å². The second-order valence-corrected chi connectivity index (χ2v) is 4.18. The number of rotatable bonds is 8. The van der Waals surface area contributed by atoms with Gasteiger partial charge < -0.3 is 14.8 Å². The van der Waals surface area contributed by atoms with Crippen LogP contribution in [0.2, 0.25) is 0 Å². The van der Waals surface area contributed by atoms with Crippen LogP contribution in [0.1, 0.15) is 27.2 Å². The molecule has 0 fully saturated rings. The molecule has 0 amide bonds. The Morgan fingerprint density at radius 2 is 2.00 bits per heavy atom. The Morgan fingerprint density at radius 3 is 2.53 bits per heavy atom. The minimum absolute atomic E-state index is 0.232. The van der Waals surface area contributed by atoms with Gasteiger partial charge in [0.05, 0.1) is 25.7 Å². The van der Waals surface area contributed by atoms with Gasteiger partial charge in [-0.2, -0.15) is 0 Å². The van der Waals surface area contributed by atoms with Gasteiger partial charge in [-0.25, -0.2) is 0 Å². The summed E-state index contributed by atoms with van der Waals surface area (Å²) in [5, 5.41) is 3.22. The van der Waals surface area contributed by atoms with Gasteiger partial charge in [-0.1, -0.05) is 6.92 Å². The van der Waals surface area contributed by atoms with Gasteiger partial charge >= 0.3 is 5.97 Å². The topological polar surface area (TPSA) is 47.6 Å². The molecule has 0 aliphatic heterocycles. The molecule has 15 heavy (non-hydrogen) atoms. The molecule has 4 heteroatoms. The summed E-state index contributed by atoms with van der Waals surface area (Å²) in [4.78, 5) is 11.3. The minimum atomic E-state index is -0.556. The van der Waals surface area contributed by atoms with Crippen LogP contribution in [-0.4, -0.2) is 39.4 Å². The quantitative estimate of drug-likeness (QED) is 0.490. The van der Waals surface area contributed by atoms with Crippen LogP contribution in [0.25, 0.3) is 0 Å². The molecule has 0 saturated carbocycles. The van der Waals surface area contributed by atoms with E-state index in [0.717, 1.165) is 19.5 Å². The lowest BCUT2D eigenvalue weighted by Gasteiger charge is -2.21. The van der Waals surface area contributed by atoms with Crippen molar-refractivity contribution in [3.8, 4) is 0 Å². The molecule has 0 rings (SSSR count). The Hall–Kier alpha value is -0.610. The number of hydrogen-bond acceptors (Lipinski definition) is 4. The zero-order valence-corrected chi connectivity index (χ0v) is 10.3. The fourth-order valence-corrected chi connectivity index (χ4v) is 1.11. The minimum Gasteiger partial charge on any atom is -0.469 e. The van der Waals surface area contributed by atoms with Crippen LogP contribution in [0.5, 0.6) is 0 Å². The summed E-state index contributed by atoms with van der Waals surface area (Å²) >= 11 is 0. The van der Waals surface area contributed by atoms with Gasteiger partial charge in [-0.15, -0.1) is 0 Å². The Labute approximate surface area is 92.3 Å². The first-order valence-electron chi connectivity index (χ1n) is 5.41. The third kappa shape index (κ3) is 6.47. The van der Waals surface area contributed by atoms with Crippen LogP contribution in [0.3, 0.4) is 0 Å². The number of hydrogen-bond donors (Lipinski definition) is 1. The van der Waals surface area contributed by atoms with Crippen molar-refractivity contribution in [1.82, 2.24) is 5.32 Å². The zero-order valence-electron chi connectivity index (χ0n) is 10.3. The highest BCUT2D eigenvalue weighted by molar-refractivity contribution is 5.75. The molecule has 0 aliphatic rings. The summed E-state index contributed by atoms with van der Waals surface area (Å²) < 4.78 is 10.1. The van der Waals surface area contributed by atoms with E-state index in [2.05, 4.69) is 17.0 Å².